The van der Waals surface area contributed by atoms with E-state index >= 15 is 0 Å². The van der Waals surface area contributed by atoms with Gasteiger partial charge in [-0.15, -0.1) is 0 Å². The minimum atomic E-state index is -0.0549. The zero-order chi connectivity index (χ0) is 18.4. The molecule has 2 N–H and O–H groups in total. The van der Waals surface area contributed by atoms with Crippen molar-refractivity contribution in [2.24, 2.45) is 0 Å². The summed E-state index contributed by atoms with van der Waals surface area (Å²) >= 11 is 0. The Bertz CT molecular complexity index is 851. The van der Waals surface area contributed by atoms with Crippen LogP contribution in [0.15, 0.2) is 53.1 Å². The maximum absolute atomic E-state index is 12.2. The van der Waals surface area contributed by atoms with E-state index in [0.29, 0.717) is 17.8 Å². The molecule has 0 fully saturated rings. The van der Waals surface area contributed by atoms with Gasteiger partial charge in [0.25, 0.3) is 0 Å². The number of fused-ring (bicyclic) bond motifs is 1. The molecule has 5 nitrogen and oxygen atoms in total. The second-order valence-electron chi connectivity index (χ2n) is 6.53. The predicted molar refractivity (Wildman–Crippen MR) is 102 cm³/mol. The number of nitrogens with one attached hydrogen (secondary N) is 2. The molecule has 0 aliphatic rings. The summed E-state index contributed by atoms with van der Waals surface area (Å²) in [6, 6.07) is 16.1. The summed E-state index contributed by atoms with van der Waals surface area (Å²) in [7, 11) is 0. The highest BCUT2D eigenvalue weighted by molar-refractivity contribution is 5.86. The minimum absolute atomic E-state index is 0.0549. The molecular formula is C21H26N3O2+. The first kappa shape index (κ1) is 18.1. The van der Waals surface area contributed by atoms with Gasteiger partial charge in [0.15, 0.2) is 5.58 Å². The van der Waals surface area contributed by atoms with Crippen LogP contribution in [0.4, 0.5) is 0 Å². The standard InChI is InChI=1S/C21H25N3O2/c1-3-24(4-2)15-17-11-9-16(10-12-17)14-22-21(25)13-19-18-7-5-6-8-20(18)26-23-19/h5-12H,3-4,13-15H2,1-2H3,(H,22,25)/p+1. The van der Waals surface area contributed by atoms with Crippen molar-refractivity contribution in [3.05, 3.63) is 65.4 Å². The Morgan fingerprint density at radius 3 is 2.46 bits per heavy atom. The molecule has 0 unspecified atom stereocenters. The lowest BCUT2D eigenvalue weighted by Gasteiger charge is -2.15. The van der Waals surface area contributed by atoms with Gasteiger partial charge in [-0.25, -0.2) is 0 Å². The Balaban J connectivity index is 1.53. The van der Waals surface area contributed by atoms with Gasteiger partial charge in [0.2, 0.25) is 5.91 Å². The van der Waals surface area contributed by atoms with Gasteiger partial charge in [-0.05, 0) is 31.5 Å². The van der Waals surface area contributed by atoms with Crippen LogP contribution in [0.2, 0.25) is 0 Å². The number of para-hydroxylation sites is 1. The van der Waals surface area contributed by atoms with E-state index in [1.165, 1.54) is 5.56 Å². The molecule has 0 radical (unpaired) electrons. The van der Waals surface area contributed by atoms with Crippen LogP contribution < -0.4 is 10.2 Å². The number of aromatic nitrogens is 1. The zero-order valence-electron chi connectivity index (χ0n) is 15.4. The summed E-state index contributed by atoms with van der Waals surface area (Å²) in [5.41, 5.74) is 3.81. The number of rotatable bonds is 8. The number of hydrogen-bond acceptors (Lipinski definition) is 3. The number of carbonyl (C=O) groups excluding carboxylic acids is 1. The van der Waals surface area contributed by atoms with Gasteiger partial charge in [0.1, 0.15) is 12.2 Å². The monoisotopic (exact) mass is 352 g/mol. The van der Waals surface area contributed by atoms with Crippen LogP contribution in [0.1, 0.15) is 30.7 Å². The van der Waals surface area contributed by atoms with E-state index < -0.39 is 0 Å². The average molecular weight is 352 g/mol. The summed E-state index contributed by atoms with van der Waals surface area (Å²) in [6.45, 7) is 8.24. The van der Waals surface area contributed by atoms with Crippen molar-refractivity contribution in [2.75, 3.05) is 13.1 Å². The lowest BCUT2D eigenvalue weighted by molar-refractivity contribution is -0.910. The number of quaternary nitrogens is 1. The summed E-state index contributed by atoms with van der Waals surface area (Å²) in [6.07, 6.45) is 0.223. The number of hydrogen-bond donors (Lipinski definition) is 2. The van der Waals surface area contributed by atoms with Gasteiger partial charge in [-0.2, -0.15) is 0 Å². The van der Waals surface area contributed by atoms with Gasteiger partial charge in [-0.3, -0.25) is 4.79 Å². The Morgan fingerprint density at radius 1 is 1.04 bits per heavy atom. The molecule has 1 aromatic heterocycles. The van der Waals surface area contributed by atoms with Crippen LogP contribution in [0.3, 0.4) is 0 Å². The molecule has 3 aromatic rings. The molecule has 3 rings (SSSR count). The van der Waals surface area contributed by atoms with Crippen molar-refractivity contribution < 1.29 is 14.2 Å². The van der Waals surface area contributed by atoms with E-state index in [0.717, 1.165) is 30.6 Å². The fourth-order valence-corrected chi connectivity index (χ4v) is 3.04. The zero-order valence-corrected chi connectivity index (χ0v) is 15.4. The Labute approximate surface area is 154 Å². The van der Waals surface area contributed by atoms with Crippen LogP contribution in [0.5, 0.6) is 0 Å². The molecule has 0 aliphatic carbocycles. The maximum atomic E-state index is 12.2. The third-order valence-electron chi connectivity index (χ3n) is 4.75. The number of nitrogens with zero attached hydrogens (tertiary/aromatic N) is 1. The summed E-state index contributed by atoms with van der Waals surface area (Å²) < 4.78 is 5.24. The van der Waals surface area contributed by atoms with Crippen LogP contribution in [0.25, 0.3) is 11.0 Å². The molecule has 1 amide bonds. The Hall–Kier alpha value is -2.66. The summed E-state index contributed by atoms with van der Waals surface area (Å²) in [5, 5.41) is 7.86. The second kappa shape index (κ2) is 8.63. The van der Waals surface area contributed by atoms with E-state index in [1.54, 1.807) is 4.90 Å². The van der Waals surface area contributed by atoms with Gasteiger partial charge in [0.05, 0.1) is 19.5 Å². The molecule has 1 heterocycles. The average Bonchev–Trinajstić information content (AvgIpc) is 3.08. The van der Waals surface area contributed by atoms with E-state index in [2.05, 4.69) is 48.6 Å². The van der Waals surface area contributed by atoms with Crippen molar-refractivity contribution in [3.8, 4) is 0 Å². The predicted octanol–water partition coefficient (Wildman–Crippen LogP) is 2.11. The topological polar surface area (TPSA) is 59.6 Å². The molecule has 0 spiro atoms. The fourth-order valence-electron chi connectivity index (χ4n) is 3.04. The fraction of sp³-hybridized carbons (Fsp3) is 0.333. The molecule has 0 saturated heterocycles. The molecule has 2 aromatic carbocycles. The van der Waals surface area contributed by atoms with Crippen molar-refractivity contribution in [1.82, 2.24) is 10.5 Å². The molecule has 136 valence electrons. The molecule has 0 aliphatic heterocycles. The van der Waals surface area contributed by atoms with Gasteiger partial charge in [0, 0.05) is 17.5 Å². The third-order valence-corrected chi connectivity index (χ3v) is 4.75. The van der Waals surface area contributed by atoms with Crippen LogP contribution >= 0.6 is 0 Å². The summed E-state index contributed by atoms with van der Waals surface area (Å²) in [5.74, 6) is -0.0549. The van der Waals surface area contributed by atoms with Crippen LogP contribution in [0, 0.1) is 0 Å². The normalized spacial score (nSPS) is 11.2. The smallest absolute Gasteiger partial charge is 0.226 e. The number of benzene rings is 2. The first-order chi connectivity index (χ1) is 12.7. The second-order valence-corrected chi connectivity index (χ2v) is 6.53. The van der Waals surface area contributed by atoms with Crippen molar-refractivity contribution in [3.63, 3.8) is 0 Å². The number of amides is 1. The first-order valence-electron chi connectivity index (χ1n) is 9.21. The summed E-state index contributed by atoms with van der Waals surface area (Å²) in [4.78, 5) is 13.8. The highest BCUT2D eigenvalue weighted by Crippen LogP contribution is 2.18. The SMILES string of the molecule is CC[NH+](CC)Cc1ccc(CNC(=O)Cc2noc3ccccc23)cc1. The molecule has 5 heteroatoms. The first-order valence-corrected chi connectivity index (χ1v) is 9.21. The van der Waals surface area contributed by atoms with Crippen LogP contribution in [-0.4, -0.2) is 24.2 Å². The van der Waals surface area contributed by atoms with E-state index in [1.807, 2.05) is 24.3 Å². The van der Waals surface area contributed by atoms with Crippen molar-refractivity contribution in [1.29, 1.82) is 0 Å². The Morgan fingerprint density at radius 2 is 1.73 bits per heavy atom. The van der Waals surface area contributed by atoms with E-state index in [9.17, 15) is 4.79 Å². The Kier molecular flexibility index (Phi) is 6.02. The van der Waals surface area contributed by atoms with Gasteiger partial charge < -0.3 is 14.7 Å². The maximum Gasteiger partial charge on any atom is 0.226 e. The van der Waals surface area contributed by atoms with E-state index in [-0.39, 0.29) is 12.3 Å². The van der Waals surface area contributed by atoms with Gasteiger partial charge >= 0.3 is 0 Å². The quantitative estimate of drug-likeness (QED) is 0.653. The van der Waals surface area contributed by atoms with Crippen molar-refractivity contribution >= 4 is 16.9 Å². The lowest BCUT2D eigenvalue weighted by Crippen LogP contribution is -3.10. The van der Waals surface area contributed by atoms with Crippen molar-refractivity contribution in [2.45, 2.75) is 33.4 Å². The molecule has 26 heavy (non-hydrogen) atoms. The highest BCUT2D eigenvalue weighted by atomic mass is 16.5. The van der Waals surface area contributed by atoms with Gasteiger partial charge in [-0.1, -0.05) is 41.6 Å². The molecule has 0 bridgehead atoms. The molecule has 0 saturated carbocycles. The van der Waals surface area contributed by atoms with E-state index in [4.69, 9.17) is 4.52 Å². The highest BCUT2D eigenvalue weighted by Gasteiger charge is 2.12. The molecule has 0 atom stereocenters. The lowest BCUT2D eigenvalue weighted by atomic mass is 10.1. The molecular weight excluding hydrogens is 326 g/mol. The number of carbonyl (C=O) groups is 1. The third kappa shape index (κ3) is 4.49. The minimum Gasteiger partial charge on any atom is -0.356 e. The largest absolute Gasteiger partial charge is 0.356 e. The van der Waals surface area contributed by atoms with Crippen LogP contribution in [-0.2, 0) is 24.3 Å².